The number of anilines is 1. The van der Waals surface area contributed by atoms with Crippen LogP contribution in [0.2, 0.25) is 5.02 Å². The molecule has 0 unspecified atom stereocenters. The maximum absolute atomic E-state index is 13.6. The number of benzene rings is 2. The zero-order valence-corrected chi connectivity index (χ0v) is 12.3. The van der Waals surface area contributed by atoms with Gasteiger partial charge in [-0.3, -0.25) is 0 Å². The van der Waals surface area contributed by atoms with Crippen molar-refractivity contribution in [3.8, 4) is 11.4 Å². The van der Waals surface area contributed by atoms with Crippen molar-refractivity contribution < 1.29 is 8.91 Å². The molecule has 0 amide bonds. The van der Waals surface area contributed by atoms with E-state index in [4.69, 9.17) is 16.1 Å². The molecule has 3 aromatic rings. The molecule has 0 bridgehead atoms. The molecule has 4 nitrogen and oxygen atoms in total. The lowest BCUT2D eigenvalue weighted by Crippen LogP contribution is -2.04. The Morgan fingerprint density at radius 1 is 1.09 bits per heavy atom. The van der Waals surface area contributed by atoms with Gasteiger partial charge >= 0.3 is 6.01 Å². The Morgan fingerprint density at radius 3 is 2.64 bits per heavy atom. The highest BCUT2D eigenvalue weighted by molar-refractivity contribution is 6.30. The van der Waals surface area contributed by atoms with Gasteiger partial charge in [-0.2, -0.15) is 4.98 Å². The van der Waals surface area contributed by atoms with E-state index in [9.17, 15) is 4.39 Å². The van der Waals surface area contributed by atoms with Crippen LogP contribution in [0.4, 0.5) is 10.4 Å². The third-order valence-corrected chi connectivity index (χ3v) is 3.40. The van der Waals surface area contributed by atoms with Gasteiger partial charge in [-0.25, -0.2) is 4.39 Å². The zero-order chi connectivity index (χ0) is 15.4. The maximum Gasteiger partial charge on any atom is 0.321 e. The van der Waals surface area contributed by atoms with Crippen molar-refractivity contribution >= 4 is 17.6 Å². The summed E-state index contributed by atoms with van der Waals surface area (Å²) in [5, 5.41) is 7.51. The lowest BCUT2D eigenvalue weighted by molar-refractivity contribution is 0.431. The van der Waals surface area contributed by atoms with Crippen LogP contribution < -0.4 is 5.32 Å². The van der Waals surface area contributed by atoms with Crippen LogP contribution in [0.25, 0.3) is 11.4 Å². The summed E-state index contributed by atoms with van der Waals surface area (Å²) in [5.74, 6) is -0.150. The summed E-state index contributed by atoms with van der Waals surface area (Å²) in [6.07, 6.45) is 0.786. The topological polar surface area (TPSA) is 51.0 Å². The Hall–Kier alpha value is -2.40. The normalized spacial score (nSPS) is 10.6. The number of nitrogens with zero attached hydrogens (tertiary/aromatic N) is 2. The van der Waals surface area contributed by atoms with E-state index in [-0.39, 0.29) is 17.7 Å². The summed E-state index contributed by atoms with van der Waals surface area (Å²) >= 11 is 5.84. The van der Waals surface area contributed by atoms with E-state index in [2.05, 4.69) is 15.5 Å². The Balaban J connectivity index is 1.60. The van der Waals surface area contributed by atoms with Gasteiger partial charge < -0.3 is 9.84 Å². The molecule has 1 N–H and O–H groups in total. The minimum atomic E-state index is -0.379. The van der Waals surface area contributed by atoms with E-state index in [1.54, 1.807) is 18.2 Å². The molecule has 22 heavy (non-hydrogen) atoms. The predicted octanol–water partition coefficient (Wildman–Crippen LogP) is 4.18. The standard InChI is InChI=1S/C16H13ClFN3O/c17-12-7-5-11(6-8-12)9-10-19-16-20-15(21-22-16)13-3-1-2-4-14(13)18/h1-8H,9-10H2,(H,19,20,21). The highest BCUT2D eigenvalue weighted by Crippen LogP contribution is 2.20. The second-order valence-corrected chi connectivity index (χ2v) is 5.14. The molecule has 112 valence electrons. The fourth-order valence-corrected chi connectivity index (χ4v) is 2.14. The van der Waals surface area contributed by atoms with Gasteiger partial charge in [0.15, 0.2) is 0 Å². The first-order chi connectivity index (χ1) is 10.7. The van der Waals surface area contributed by atoms with E-state index in [1.807, 2.05) is 24.3 Å². The van der Waals surface area contributed by atoms with Crippen LogP contribution in [0.15, 0.2) is 53.1 Å². The van der Waals surface area contributed by atoms with Crippen LogP contribution in [-0.2, 0) is 6.42 Å². The Kier molecular flexibility index (Phi) is 4.34. The molecular formula is C16H13ClFN3O. The summed E-state index contributed by atoms with van der Waals surface area (Å²) in [5.41, 5.74) is 1.46. The highest BCUT2D eigenvalue weighted by Gasteiger charge is 2.11. The molecule has 1 heterocycles. The molecule has 3 rings (SSSR count). The summed E-state index contributed by atoms with van der Waals surface area (Å²) in [6.45, 7) is 0.626. The van der Waals surface area contributed by atoms with Crippen LogP contribution in [-0.4, -0.2) is 16.7 Å². The molecule has 0 aliphatic heterocycles. The summed E-state index contributed by atoms with van der Waals surface area (Å²) in [4.78, 5) is 4.14. The first kappa shape index (κ1) is 14.5. The lowest BCUT2D eigenvalue weighted by atomic mass is 10.1. The maximum atomic E-state index is 13.6. The Bertz CT molecular complexity index is 758. The minimum Gasteiger partial charge on any atom is -0.337 e. The molecule has 0 aliphatic carbocycles. The largest absolute Gasteiger partial charge is 0.337 e. The molecule has 2 aromatic carbocycles. The average Bonchev–Trinajstić information content (AvgIpc) is 2.98. The molecule has 0 fully saturated rings. The van der Waals surface area contributed by atoms with E-state index in [1.165, 1.54) is 6.07 Å². The van der Waals surface area contributed by atoms with Crippen LogP contribution in [0.3, 0.4) is 0 Å². The number of nitrogens with one attached hydrogen (secondary N) is 1. The number of aromatic nitrogens is 2. The molecule has 1 aromatic heterocycles. The van der Waals surface area contributed by atoms with Crippen molar-refractivity contribution in [2.24, 2.45) is 0 Å². The molecule has 0 radical (unpaired) electrons. The van der Waals surface area contributed by atoms with Crippen LogP contribution in [0, 0.1) is 5.82 Å². The van der Waals surface area contributed by atoms with E-state index in [0.717, 1.165) is 12.0 Å². The van der Waals surface area contributed by atoms with Crippen molar-refractivity contribution in [1.29, 1.82) is 0 Å². The smallest absolute Gasteiger partial charge is 0.321 e. The van der Waals surface area contributed by atoms with Gasteiger partial charge in [-0.05, 0) is 36.2 Å². The van der Waals surface area contributed by atoms with E-state index < -0.39 is 0 Å². The minimum absolute atomic E-state index is 0.229. The summed E-state index contributed by atoms with van der Waals surface area (Å²) in [7, 11) is 0. The first-order valence-corrected chi connectivity index (χ1v) is 7.17. The number of hydrogen-bond acceptors (Lipinski definition) is 4. The third-order valence-electron chi connectivity index (χ3n) is 3.14. The van der Waals surface area contributed by atoms with Crippen molar-refractivity contribution in [1.82, 2.24) is 10.1 Å². The second kappa shape index (κ2) is 6.58. The average molecular weight is 318 g/mol. The van der Waals surface area contributed by atoms with Crippen molar-refractivity contribution in [2.75, 3.05) is 11.9 Å². The van der Waals surface area contributed by atoms with Gasteiger partial charge in [0.1, 0.15) is 5.82 Å². The molecule has 0 atom stereocenters. The van der Waals surface area contributed by atoms with Crippen molar-refractivity contribution in [2.45, 2.75) is 6.42 Å². The van der Waals surface area contributed by atoms with Crippen LogP contribution >= 0.6 is 11.6 Å². The Labute approximate surface area is 131 Å². The predicted molar refractivity (Wildman–Crippen MR) is 83.3 cm³/mol. The third kappa shape index (κ3) is 3.43. The highest BCUT2D eigenvalue weighted by atomic mass is 35.5. The summed E-state index contributed by atoms with van der Waals surface area (Å²) < 4.78 is 18.7. The Morgan fingerprint density at radius 2 is 1.86 bits per heavy atom. The molecule has 0 saturated carbocycles. The summed E-state index contributed by atoms with van der Waals surface area (Å²) in [6, 6.07) is 14.2. The lowest BCUT2D eigenvalue weighted by Gasteiger charge is -2.01. The molecule has 0 saturated heterocycles. The number of hydrogen-bond donors (Lipinski definition) is 1. The second-order valence-electron chi connectivity index (χ2n) is 4.71. The molecule has 0 aliphatic rings. The molecular weight excluding hydrogens is 305 g/mol. The van der Waals surface area contributed by atoms with Gasteiger partial charge in [0, 0.05) is 11.6 Å². The van der Waals surface area contributed by atoms with Crippen LogP contribution in [0.5, 0.6) is 0 Å². The zero-order valence-electron chi connectivity index (χ0n) is 11.6. The first-order valence-electron chi connectivity index (χ1n) is 6.79. The number of rotatable bonds is 5. The molecule has 6 heteroatoms. The SMILES string of the molecule is Fc1ccccc1-c1noc(NCCc2ccc(Cl)cc2)n1. The van der Waals surface area contributed by atoms with Crippen molar-refractivity contribution in [3.05, 3.63) is 64.9 Å². The van der Waals surface area contributed by atoms with Gasteiger partial charge in [0.05, 0.1) is 5.56 Å². The van der Waals surface area contributed by atoms with E-state index in [0.29, 0.717) is 17.1 Å². The van der Waals surface area contributed by atoms with Crippen LogP contribution in [0.1, 0.15) is 5.56 Å². The fourth-order valence-electron chi connectivity index (χ4n) is 2.01. The van der Waals surface area contributed by atoms with Crippen molar-refractivity contribution in [3.63, 3.8) is 0 Å². The van der Waals surface area contributed by atoms with Gasteiger partial charge in [-0.1, -0.05) is 41.0 Å². The number of halogens is 2. The molecule has 0 spiro atoms. The quantitative estimate of drug-likeness (QED) is 0.767. The van der Waals surface area contributed by atoms with E-state index >= 15 is 0 Å². The van der Waals surface area contributed by atoms with Gasteiger partial charge in [-0.15, -0.1) is 0 Å². The van der Waals surface area contributed by atoms with Gasteiger partial charge in [0.25, 0.3) is 0 Å². The fraction of sp³-hybridized carbons (Fsp3) is 0.125. The monoisotopic (exact) mass is 317 g/mol. The van der Waals surface area contributed by atoms with Gasteiger partial charge in [0.2, 0.25) is 5.82 Å².